The van der Waals surface area contributed by atoms with Gasteiger partial charge in [0.25, 0.3) is 0 Å². The van der Waals surface area contributed by atoms with Gasteiger partial charge in [0.2, 0.25) is 0 Å². The lowest BCUT2D eigenvalue weighted by atomic mass is 11.3. The minimum atomic E-state index is -1.32. The minimum absolute atomic E-state index is 0. The first-order valence-electron chi connectivity index (χ1n) is 1.62. The van der Waals surface area contributed by atoms with Gasteiger partial charge in [-0.25, -0.2) is 4.79 Å². The molecule has 0 unspecified atom stereocenters. The molecular formula is C4H10O4. The summed E-state index contributed by atoms with van der Waals surface area (Å²) in [7, 11) is 1.35. The van der Waals surface area contributed by atoms with Crippen LogP contribution in [0.15, 0.2) is 0 Å². The Bertz CT molecular complexity index is 61.1. The lowest BCUT2D eigenvalue weighted by Gasteiger charge is -1.93. The van der Waals surface area contributed by atoms with Crippen molar-refractivity contribution in [3.8, 4) is 0 Å². The van der Waals surface area contributed by atoms with Gasteiger partial charge < -0.3 is 14.6 Å². The quantitative estimate of drug-likeness (QED) is 0.437. The Morgan fingerprint density at radius 2 is 2.25 bits per heavy atom. The number of rotatable bonds is 2. The Morgan fingerprint density at radius 1 is 1.75 bits per heavy atom. The smallest absolute Gasteiger partial charge is 0.450 e. The standard InChI is InChI=1S/C3H6O4.CH4/c1-6-2-7-3(4)5;/h2H2,1H3,(H,4,5);1H4. The van der Waals surface area contributed by atoms with Gasteiger partial charge in [-0.15, -0.1) is 0 Å². The highest BCUT2D eigenvalue weighted by Gasteiger charge is 1.89. The van der Waals surface area contributed by atoms with Crippen LogP contribution in [0.5, 0.6) is 0 Å². The molecule has 0 aromatic carbocycles. The lowest BCUT2D eigenvalue weighted by Crippen LogP contribution is -2.02. The minimum Gasteiger partial charge on any atom is -0.450 e. The zero-order valence-electron chi connectivity index (χ0n) is 3.88. The van der Waals surface area contributed by atoms with Crippen molar-refractivity contribution in [1.82, 2.24) is 0 Å². The van der Waals surface area contributed by atoms with E-state index in [0.29, 0.717) is 0 Å². The third-order valence-corrected chi connectivity index (χ3v) is 0.300. The van der Waals surface area contributed by atoms with Gasteiger partial charge in [-0.2, -0.15) is 0 Å². The van der Waals surface area contributed by atoms with Crippen LogP contribution in [0.4, 0.5) is 4.79 Å². The van der Waals surface area contributed by atoms with Crippen molar-refractivity contribution in [3.05, 3.63) is 0 Å². The first-order chi connectivity index (χ1) is 3.27. The van der Waals surface area contributed by atoms with E-state index in [1.165, 1.54) is 7.11 Å². The molecule has 0 fully saturated rings. The molecule has 0 bridgehead atoms. The summed E-state index contributed by atoms with van der Waals surface area (Å²) >= 11 is 0. The maximum absolute atomic E-state index is 9.46. The van der Waals surface area contributed by atoms with Crippen LogP contribution in [-0.4, -0.2) is 25.2 Å². The Balaban J connectivity index is 0. The summed E-state index contributed by atoms with van der Waals surface area (Å²) < 4.78 is 8.14. The van der Waals surface area contributed by atoms with Crippen LogP contribution in [0.2, 0.25) is 0 Å². The molecule has 0 aromatic rings. The summed E-state index contributed by atoms with van der Waals surface area (Å²) in [6.07, 6.45) is -1.32. The fraction of sp³-hybridized carbons (Fsp3) is 0.750. The summed E-state index contributed by atoms with van der Waals surface area (Å²) in [5.74, 6) is 0. The molecule has 1 N–H and O–H groups in total. The van der Waals surface area contributed by atoms with E-state index in [0.717, 1.165) is 0 Å². The average Bonchev–Trinajstić information content (AvgIpc) is 1.61. The number of ether oxygens (including phenoxy) is 2. The second kappa shape index (κ2) is 6.23. The molecule has 0 heterocycles. The Morgan fingerprint density at radius 3 is 2.38 bits per heavy atom. The van der Waals surface area contributed by atoms with E-state index in [1.807, 2.05) is 0 Å². The predicted octanol–water partition coefficient (Wildman–Crippen LogP) is 0.921. The van der Waals surface area contributed by atoms with E-state index in [-0.39, 0.29) is 14.2 Å². The first-order valence-corrected chi connectivity index (χ1v) is 1.62. The molecule has 0 aliphatic heterocycles. The molecule has 50 valence electrons. The Hall–Kier alpha value is -0.770. The van der Waals surface area contributed by atoms with Crippen LogP contribution in [0, 0.1) is 0 Å². The summed E-state index contributed by atoms with van der Waals surface area (Å²) in [6.45, 7) is -0.199. The molecule has 8 heavy (non-hydrogen) atoms. The van der Waals surface area contributed by atoms with Crippen LogP contribution < -0.4 is 0 Å². The SMILES string of the molecule is C.COCOC(=O)O. The number of carbonyl (C=O) groups is 1. The van der Waals surface area contributed by atoms with Crippen molar-refractivity contribution in [2.75, 3.05) is 13.9 Å². The molecule has 0 rings (SSSR count). The van der Waals surface area contributed by atoms with Crippen molar-refractivity contribution >= 4 is 6.16 Å². The number of hydrogen-bond acceptors (Lipinski definition) is 3. The summed E-state index contributed by atoms with van der Waals surface area (Å²) in [4.78, 5) is 9.46. The fourth-order valence-corrected chi connectivity index (χ4v) is 0.109. The molecule has 0 radical (unpaired) electrons. The van der Waals surface area contributed by atoms with Crippen LogP contribution in [-0.2, 0) is 9.47 Å². The normalized spacial score (nSPS) is 7.12. The molecule has 0 aliphatic carbocycles. The van der Waals surface area contributed by atoms with Gasteiger partial charge in [0.1, 0.15) is 0 Å². The van der Waals surface area contributed by atoms with E-state index in [9.17, 15) is 4.79 Å². The van der Waals surface area contributed by atoms with Gasteiger partial charge in [-0.05, 0) is 0 Å². The Kier molecular flexibility index (Phi) is 7.99. The highest BCUT2D eigenvalue weighted by molar-refractivity contribution is 5.56. The fourth-order valence-electron chi connectivity index (χ4n) is 0.109. The summed E-state index contributed by atoms with van der Waals surface area (Å²) in [6, 6.07) is 0. The van der Waals surface area contributed by atoms with Gasteiger partial charge in [0.05, 0.1) is 0 Å². The molecule has 4 nitrogen and oxygen atoms in total. The maximum atomic E-state index is 9.46. The van der Waals surface area contributed by atoms with Crippen molar-refractivity contribution in [1.29, 1.82) is 0 Å². The van der Waals surface area contributed by atoms with Gasteiger partial charge in [0.15, 0.2) is 6.79 Å². The molecule has 0 aromatic heterocycles. The monoisotopic (exact) mass is 122 g/mol. The highest BCUT2D eigenvalue weighted by atomic mass is 16.7. The summed E-state index contributed by atoms with van der Waals surface area (Å²) in [5.41, 5.74) is 0. The zero-order chi connectivity index (χ0) is 5.70. The first kappa shape index (κ1) is 10.3. The largest absolute Gasteiger partial charge is 0.507 e. The topological polar surface area (TPSA) is 55.8 Å². The molecule has 0 aliphatic rings. The van der Waals surface area contributed by atoms with Crippen molar-refractivity contribution < 1.29 is 19.4 Å². The molecule has 0 amide bonds. The number of methoxy groups -OCH3 is 1. The molecule has 0 atom stereocenters. The third kappa shape index (κ3) is 8.97. The number of hydrogen-bond donors (Lipinski definition) is 1. The van der Waals surface area contributed by atoms with Crippen LogP contribution in [0.25, 0.3) is 0 Å². The van der Waals surface area contributed by atoms with Gasteiger partial charge in [-0.1, -0.05) is 7.43 Å². The molecule has 4 heteroatoms. The van der Waals surface area contributed by atoms with Crippen molar-refractivity contribution in [3.63, 3.8) is 0 Å². The van der Waals surface area contributed by atoms with E-state index in [1.54, 1.807) is 0 Å². The van der Waals surface area contributed by atoms with E-state index >= 15 is 0 Å². The van der Waals surface area contributed by atoms with E-state index in [4.69, 9.17) is 5.11 Å². The van der Waals surface area contributed by atoms with Gasteiger partial charge >= 0.3 is 6.16 Å². The molecule has 0 saturated carbocycles. The van der Waals surface area contributed by atoms with Crippen LogP contribution >= 0.6 is 0 Å². The molecule has 0 saturated heterocycles. The van der Waals surface area contributed by atoms with Crippen molar-refractivity contribution in [2.24, 2.45) is 0 Å². The predicted molar refractivity (Wildman–Crippen MR) is 27.7 cm³/mol. The summed E-state index contributed by atoms with van der Waals surface area (Å²) in [5, 5.41) is 7.74. The van der Waals surface area contributed by atoms with Gasteiger partial charge in [-0.3, -0.25) is 0 Å². The number of carboxylic acid groups (broad SMARTS) is 1. The Labute approximate surface area is 48.0 Å². The lowest BCUT2D eigenvalue weighted by molar-refractivity contribution is -0.0115. The highest BCUT2D eigenvalue weighted by Crippen LogP contribution is 1.72. The van der Waals surface area contributed by atoms with Crippen molar-refractivity contribution in [2.45, 2.75) is 7.43 Å². The second-order valence-corrected chi connectivity index (χ2v) is 0.817. The average molecular weight is 122 g/mol. The second-order valence-electron chi connectivity index (χ2n) is 0.817. The third-order valence-electron chi connectivity index (χ3n) is 0.300. The van der Waals surface area contributed by atoms with Gasteiger partial charge in [0, 0.05) is 7.11 Å². The maximum Gasteiger partial charge on any atom is 0.507 e. The van der Waals surface area contributed by atoms with Crippen LogP contribution in [0.3, 0.4) is 0 Å². The van der Waals surface area contributed by atoms with E-state index < -0.39 is 6.16 Å². The molecular weight excluding hydrogens is 112 g/mol. The van der Waals surface area contributed by atoms with E-state index in [2.05, 4.69) is 9.47 Å². The molecule has 0 spiro atoms. The van der Waals surface area contributed by atoms with Crippen LogP contribution in [0.1, 0.15) is 7.43 Å². The zero-order valence-corrected chi connectivity index (χ0v) is 3.88.